The van der Waals surface area contributed by atoms with E-state index in [0.29, 0.717) is 31.9 Å². The van der Waals surface area contributed by atoms with Gasteiger partial charge in [0.25, 0.3) is 5.91 Å². The lowest BCUT2D eigenvalue weighted by Gasteiger charge is -2.07. The third-order valence-electron chi connectivity index (χ3n) is 3.40. The summed E-state index contributed by atoms with van der Waals surface area (Å²) in [4.78, 5) is 12.1. The molecule has 1 amide bonds. The van der Waals surface area contributed by atoms with Crippen LogP contribution in [0.25, 0.3) is 0 Å². The molecule has 22 heavy (non-hydrogen) atoms. The zero-order valence-corrected chi connectivity index (χ0v) is 12.8. The SMILES string of the molecule is CCOCc1ccc(CNC(=O)c2ccc(CN)cc2)cc1. The van der Waals surface area contributed by atoms with E-state index in [1.807, 2.05) is 43.3 Å². The Morgan fingerprint density at radius 1 is 1.00 bits per heavy atom. The minimum Gasteiger partial charge on any atom is -0.377 e. The van der Waals surface area contributed by atoms with Crippen LogP contribution in [0.2, 0.25) is 0 Å². The Morgan fingerprint density at radius 3 is 2.18 bits per heavy atom. The van der Waals surface area contributed by atoms with Crippen LogP contribution in [-0.4, -0.2) is 12.5 Å². The molecule has 116 valence electrons. The molecule has 0 spiro atoms. The number of nitrogens with two attached hydrogens (primary N) is 1. The zero-order valence-electron chi connectivity index (χ0n) is 12.8. The lowest BCUT2D eigenvalue weighted by molar-refractivity contribution is 0.0951. The number of rotatable bonds is 7. The number of hydrogen-bond acceptors (Lipinski definition) is 3. The highest BCUT2D eigenvalue weighted by atomic mass is 16.5. The van der Waals surface area contributed by atoms with E-state index >= 15 is 0 Å². The standard InChI is InChI=1S/C18H22N2O2/c1-2-22-13-16-5-3-15(4-6-16)12-20-18(21)17-9-7-14(11-19)8-10-17/h3-10H,2,11-13,19H2,1H3,(H,20,21). The molecule has 0 unspecified atom stereocenters. The monoisotopic (exact) mass is 298 g/mol. The van der Waals surface area contributed by atoms with E-state index < -0.39 is 0 Å². The van der Waals surface area contributed by atoms with Crippen LogP contribution >= 0.6 is 0 Å². The molecule has 0 fully saturated rings. The van der Waals surface area contributed by atoms with Crippen LogP contribution in [0.1, 0.15) is 34.0 Å². The molecule has 0 saturated carbocycles. The molecule has 4 nitrogen and oxygen atoms in total. The second-order valence-corrected chi connectivity index (χ2v) is 5.04. The summed E-state index contributed by atoms with van der Waals surface area (Å²) in [5.41, 5.74) is 9.40. The molecule has 0 aliphatic rings. The Kier molecular flexibility index (Phi) is 6.13. The molecule has 3 N–H and O–H groups in total. The first-order chi connectivity index (χ1) is 10.7. The van der Waals surface area contributed by atoms with Crippen LogP contribution in [-0.2, 0) is 24.4 Å². The van der Waals surface area contributed by atoms with E-state index in [1.165, 1.54) is 0 Å². The largest absolute Gasteiger partial charge is 0.377 e. The first-order valence-corrected chi connectivity index (χ1v) is 7.45. The highest BCUT2D eigenvalue weighted by Gasteiger charge is 2.05. The third-order valence-corrected chi connectivity index (χ3v) is 3.40. The van der Waals surface area contributed by atoms with Gasteiger partial charge in [0.1, 0.15) is 0 Å². The summed E-state index contributed by atoms with van der Waals surface area (Å²) in [7, 11) is 0. The lowest BCUT2D eigenvalue weighted by Crippen LogP contribution is -2.22. The van der Waals surface area contributed by atoms with Crippen LogP contribution < -0.4 is 11.1 Å². The Bertz CT molecular complexity index is 591. The molecule has 0 aliphatic heterocycles. The first kappa shape index (κ1) is 16.2. The van der Waals surface area contributed by atoms with Gasteiger partial charge in [-0.2, -0.15) is 0 Å². The maximum absolute atomic E-state index is 12.1. The van der Waals surface area contributed by atoms with Crippen molar-refractivity contribution in [1.29, 1.82) is 0 Å². The fourth-order valence-corrected chi connectivity index (χ4v) is 2.05. The summed E-state index contributed by atoms with van der Waals surface area (Å²) in [5.74, 6) is -0.0815. The van der Waals surface area contributed by atoms with Gasteiger partial charge in [-0.3, -0.25) is 4.79 Å². The van der Waals surface area contributed by atoms with Crippen LogP contribution in [0.15, 0.2) is 48.5 Å². The van der Waals surface area contributed by atoms with Gasteiger partial charge in [-0.25, -0.2) is 0 Å². The van der Waals surface area contributed by atoms with Crippen molar-refractivity contribution in [3.63, 3.8) is 0 Å². The van der Waals surface area contributed by atoms with Gasteiger partial charge in [0.15, 0.2) is 0 Å². The van der Waals surface area contributed by atoms with Crippen molar-refractivity contribution in [3.8, 4) is 0 Å². The summed E-state index contributed by atoms with van der Waals surface area (Å²) >= 11 is 0. The van der Waals surface area contributed by atoms with E-state index in [1.54, 1.807) is 12.1 Å². The Hall–Kier alpha value is -2.17. The summed E-state index contributed by atoms with van der Waals surface area (Å²) in [6, 6.07) is 15.4. The van der Waals surface area contributed by atoms with Crippen molar-refractivity contribution in [2.24, 2.45) is 5.73 Å². The molecular weight excluding hydrogens is 276 g/mol. The molecule has 2 rings (SSSR count). The smallest absolute Gasteiger partial charge is 0.251 e. The topological polar surface area (TPSA) is 64.3 Å². The first-order valence-electron chi connectivity index (χ1n) is 7.45. The van der Waals surface area contributed by atoms with Gasteiger partial charge < -0.3 is 15.8 Å². The predicted molar refractivity (Wildman–Crippen MR) is 87.3 cm³/mol. The average Bonchev–Trinajstić information content (AvgIpc) is 2.58. The molecule has 0 aromatic heterocycles. The van der Waals surface area contributed by atoms with Gasteiger partial charge in [-0.05, 0) is 35.7 Å². The Labute approximate surface area is 131 Å². The second-order valence-electron chi connectivity index (χ2n) is 5.04. The lowest BCUT2D eigenvalue weighted by atomic mass is 10.1. The maximum atomic E-state index is 12.1. The van der Waals surface area contributed by atoms with Crippen molar-refractivity contribution < 1.29 is 9.53 Å². The molecule has 0 aliphatic carbocycles. The van der Waals surface area contributed by atoms with Crippen molar-refractivity contribution in [2.45, 2.75) is 26.6 Å². The van der Waals surface area contributed by atoms with Crippen LogP contribution in [0, 0.1) is 0 Å². The summed E-state index contributed by atoms with van der Waals surface area (Å²) < 4.78 is 5.36. The van der Waals surface area contributed by atoms with Crippen molar-refractivity contribution >= 4 is 5.91 Å². The minimum atomic E-state index is -0.0815. The fourth-order valence-electron chi connectivity index (χ4n) is 2.05. The van der Waals surface area contributed by atoms with Gasteiger partial charge in [0.05, 0.1) is 6.61 Å². The van der Waals surface area contributed by atoms with Crippen molar-refractivity contribution in [2.75, 3.05) is 6.61 Å². The number of nitrogens with one attached hydrogen (secondary N) is 1. The van der Waals surface area contributed by atoms with Gasteiger partial charge in [0, 0.05) is 25.3 Å². The van der Waals surface area contributed by atoms with E-state index in [9.17, 15) is 4.79 Å². The molecule has 0 heterocycles. The molecule has 0 bridgehead atoms. The van der Waals surface area contributed by atoms with E-state index in [2.05, 4.69) is 5.32 Å². The number of amides is 1. The zero-order chi connectivity index (χ0) is 15.8. The van der Waals surface area contributed by atoms with Crippen LogP contribution in [0.4, 0.5) is 0 Å². The molecule has 0 saturated heterocycles. The third kappa shape index (κ3) is 4.69. The molecule has 2 aromatic carbocycles. The van der Waals surface area contributed by atoms with E-state index in [4.69, 9.17) is 10.5 Å². The quantitative estimate of drug-likeness (QED) is 0.826. The fraction of sp³-hybridized carbons (Fsp3) is 0.278. The summed E-state index contributed by atoms with van der Waals surface area (Å²) in [6.07, 6.45) is 0. The molecule has 0 radical (unpaired) electrons. The summed E-state index contributed by atoms with van der Waals surface area (Å²) in [6.45, 7) is 4.30. The normalized spacial score (nSPS) is 10.5. The van der Waals surface area contributed by atoms with Gasteiger partial charge in [0.2, 0.25) is 0 Å². The van der Waals surface area contributed by atoms with Gasteiger partial charge >= 0.3 is 0 Å². The maximum Gasteiger partial charge on any atom is 0.251 e. The minimum absolute atomic E-state index is 0.0815. The van der Waals surface area contributed by atoms with E-state index in [0.717, 1.165) is 16.7 Å². The number of hydrogen-bond donors (Lipinski definition) is 2. The molecule has 0 atom stereocenters. The number of benzene rings is 2. The summed E-state index contributed by atoms with van der Waals surface area (Å²) in [5, 5.41) is 2.91. The highest BCUT2D eigenvalue weighted by molar-refractivity contribution is 5.94. The molecule has 2 aromatic rings. The average molecular weight is 298 g/mol. The van der Waals surface area contributed by atoms with Crippen LogP contribution in [0.5, 0.6) is 0 Å². The van der Waals surface area contributed by atoms with Crippen molar-refractivity contribution in [1.82, 2.24) is 5.32 Å². The van der Waals surface area contributed by atoms with Gasteiger partial charge in [-0.1, -0.05) is 36.4 Å². The molecule has 4 heteroatoms. The number of carbonyl (C=O) groups is 1. The molecular formula is C18H22N2O2. The van der Waals surface area contributed by atoms with Crippen molar-refractivity contribution in [3.05, 3.63) is 70.8 Å². The number of carbonyl (C=O) groups excluding carboxylic acids is 1. The Balaban J connectivity index is 1.87. The number of ether oxygens (including phenoxy) is 1. The van der Waals surface area contributed by atoms with E-state index in [-0.39, 0.29) is 5.91 Å². The van der Waals surface area contributed by atoms with Crippen LogP contribution in [0.3, 0.4) is 0 Å². The van der Waals surface area contributed by atoms with Gasteiger partial charge in [-0.15, -0.1) is 0 Å². The second kappa shape index (κ2) is 8.32. The predicted octanol–water partition coefficient (Wildman–Crippen LogP) is 2.61. The Morgan fingerprint density at radius 2 is 1.59 bits per heavy atom. The highest BCUT2D eigenvalue weighted by Crippen LogP contribution is 2.07.